The quantitative estimate of drug-likeness (QED) is 0.150. The zero-order valence-corrected chi connectivity index (χ0v) is 22.3. The highest BCUT2D eigenvalue weighted by molar-refractivity contribution is 14.1. The molecular weight excluding hydrogens is 547 g/mol. The normalized spacial score (nSPS) is 10.9. The number of unbranched alkanes of at least 4 members (excludes halogenated alkanes) is 5. The van der Waals surface area contributed by atoms with E-state index in [9.17, 15) is 8.42 Å². The summed E-state index contributed by atoms with van der Waals surface area (Å²) in [5.41, 5.74) is 3.49. The van der Waals surface area contributed by atoms with Crippen molar-refractivity contribution in [1.29, 1.82) is 0 Å². The van der Waals surface area contributed by atoms with Gasteiger partial charge in [0.15, 0.2) is 0 Å². The van der Waals surface area contributed by atoms with Crippen LogP contribution in [0.5, 0.6) is 5.75 Å². The van der Waals surface area contributed by atoms with Gasteiger partial charge >= 0.3 is 0 Å². The molecule has 0 spiro atoms. The Labute approximate surface area is 212 Å². The summed E-state index contributed by atoms with van der Waals surface area (Å²) in [4.78, 5) is -0.0666. The fourth-order valence-electron chi connectivity index (χ4n) is 3.21. The molecule has 0 amide bonds. The van der Waals surface area contributed by atoms with Crippen LogP contribution in [-0.4, -0.2) is 19.6 Å². The Bertz CT molecular complexity index is 1060. The molecule has 0 atom stereocenters. The maximum atomic E-state index is 10.5. The van der Waals surface area contributed by atoms with Crippen molar-refractivity contribution in [2.45, 2.75) is 57.3 Å². The number of rotatable bonds is 10. The van der Waals surface area contributed by atoms with Gasteiger partial charge in [-0.2, -0.15) is 8.42 Å². The average Bonchev–Trinajstić information content (AvgIpc) is 2.79. The first-order valence-electron chi connectivity index (χ1n) is 11.3. The second-order valence-corrected chi connectivity index (χ2v) is 10.5. The van der Waals surface area contributed by atoms with Gasteiger partial charge in [0.25, 0.3) is 10.1 Å². The maximum absolute atomic E-state index is 10.5. The number of aryl methyl sites for hydroxylation is 1. The molecule has 0 saturated heterocycles. The minimum Gasteiger partial charge on any atom is -0.494 e. The van der Waals surface area contributed by atoms with Crippen LogP contribution in [0.4, 0.5) is 0 Å². The third kappa shape index (κ3) is 10.3. The lowest BCUT2D eigenvalue weighted by Gasteiger charge is -2.08. The lowest BCUT2D eigenvalue weighted by Crippen LogP contribution is -1.97. The van der Waals surface area contributed by atoms with E-state index in [4.69, 9.17) is 9.29 Å². The van der Waals surface area contributed by atoms with E-state index >= 15 is 0 Å². The lowest BCUT2D eigenvalue weighted by atomic mass is 10.1. The first-order chi connectivity index (χ1) is 15.8. The minimum absolute atomic E-state index is 0.0666. The fourth-order valence-corrected chi connectivity index (χ4v) is 4.39. The summed E-state index contributed by atoms with van der Waals surface area (Å²) < 4.78 is 36.7. The molecule has 3 aromatic carbocycles. The van der Waals surface area contributed by atoms with Gasteiger partial charge in [0, 0.05) is 3.57 Å². The van der Waals surface area contributed by atoms with E-state index in [0.29, 0.717) is 0 Å². The topological polar surface area (TPSA) is 63.6 Å². The second kappa shape index (κ2) is 14.4. The number of hydrogen-bond donors (Lipinski definition) is 1. The predicted octanol–water partition coefficient (Wildman–Crippen LogP) is 7.94. The highest BCUT2D eigenvalue weighted by Gasteiger charge is 2.07. The molecule has 33 heavy (non-hydrogen) atoms. The van der Waals surface area contributed by atoms with Crippen molar-refractivity contribution in [3.63, 3.8) is 0 Å². The summed E-state index contributed by atoms with van der Waals surface area (Å²) in [6, 6.07) is 22.9. The molecule has 4 nitrogen and oxygen atoms in total. The van der Waals surface area contributed by atoms with Crippen LogP contribution in [0.1, 0.15) is 51.0 Å². The number of ether oxygens (including phenoxy) is 1. The average molecular weight is 581 g/mol. The molecule has 0 aromatic heterocycles. The van der Waals surface area contributed by atoms with E-state index in [1.807, 2.05) is 6.92 Å². The summed E-state index contributed by atoms with van der Waals surface area (Å²) in [5, 5.41) is 0. The van der Waals surface area contributed by atoms with Crippen LogP contribution in [-0.2, 0) is 10.1 Å². The van der Waals surface area contributed by atoms with Crippen molar-refractivity contribution in [3.8, 4) is 16.9 Å². The molecule has 1 N–H and O–H groups in total. The van der Waals surface area contributed by atoms with E-state index in [2.05, 4.69) is 78.0 Å². The smallest absolute Gasteiger partial charge is 0.294 e. The first-order valence-corrected chi connectivity index (χ1v) is 13.8. The minimum atomic E-state index is -4.02. The molecule has 0 radical (unpaired) electrons. The van der Waals surface area contributed by atoms with Crippen molar-refractivity contribution in [3.05, 3.63) is 81.9 Å². The molecule has 0 fully saturated rings. The first kappa shape index (κ1) is 27.3. The van der Waals surface area contributed by atoms with Gasteiger partial charge in [-0.15, -0.1) is 0 Å². The Kier molecular flexibility index (Phi) is 11.9. The SMILES string of the molecule is CCCCCCCCOc1ccc(-c2ccccc2I)cc1.Cc1ccc(S(=O)(=O)O)cc1. The lowest BCUT2D eigenvalue weighted by molar-refractivity contribution is 0.304. The Morgan fingerprint density at radius 1 is 0.818 bits per heavy atom. The van der Waals surface area contributed by atoms with Crippen LogP contribution in [0, 0.1) is 10.5 Å². The van der Waals surface area contributed by atoms with Gasteiger partial charge in [0.05, 0.1) is 11.5 Å². The molecule has 6 heteroatoms. The van der Waals surface area contributed by atoms with Gasteiger partial charge in [-0.25, -0.2) is 0 Å². The van der Waals surface area contributed by atoms with Gasteiger partial charge in [0.2, 0.25) is 0 Å². The van der Waals surface area contributed by atoms with Crippen LogP contribution >= 0.6 is 22.6 Å². The third-order valence-corrected chi connectivity index (χ3v) is 6.93. The standard InChI is InChI=1S/C20H25IO.C7H8O3S/c1-2-3-4-5-6-9-16-22-18-14-12-17(13-15-18)19-10-7-8-11-20(19)21;1-6-2-4-7(5-3-6)11(8,9)10/h7-8,10-15H,2-6,9,16H2,1H3;2-5H,1H3,(H,8,9,10). The van der Waals surface area contributed by atoms with Crippen LogP contribution in [0.15, 0.2) is 77.7 Å². The molecule has 3 rings (SSSR count). The summed E-state index contributed by atoms with van der Waals surface area (Å²) in [7, 11) is -4.02. The molecule has 3 aromatic rings. The van der Waals surface area contributed by atoms with Crippen molar-refractivity contribution >= 4 is 32.7 Å². The van der Waals surface area contributed by atoms with Gasteiger partial charge < -0.3 is 4.74 Å². The Balaban J connectivity index is 0.000000294. The predicted molar refractivity (Wildman–Crippen MR) is 144 cm³/mol. The van der Waals surface area contributed by atoms with Crippen molar-refractivity contribution in [1.82, 2.24) is 0 Å². The van der Waals surface area contributed by atoms with E-state index in [0.717, 1.165) is 24.3 Å². The van der Waals surface area contributed by atoms with Crippen LogP contribution in [0.25, 0.3) is 11.1 Å². The molecule has 178 valence electrons. The highest BCUT2D eigenvalue weighted by atomic mass is 127. The number of benzene rings is 3. The summed E-state index contributed by atoms with van der Waals surface area (Å²) in [5.74, 6) is 0.975. The Morgan fingerprint density at radius 3 is 2.03 bits per heavy atom. The highest BCUT2D eigenvalue weighted by Crippen LogP contribution is 2.26. The van der Waals surface area contributed by atoms with E-state index in [1.54, 1.807) is 12.1 Å². The van der Waals surface area contributed by atoms with Crippen molar-refractivity contribution in [2.24, 2.45) is 0 Å². The molecule has 0 saturated carbocycles. The molecule has 0 aliphatic heterocycles. The summed E-state index contributed by atoms with van der Waals surface area (Å²) >= 11 is 2.38. The van der Waals surface area contributed by atoms with E-state index in [1.165, 1.54) is 58.9 Å². The van der Waals surface area contributed by atoms with Crippen molar-refractivity contribution in [2.75, 3.05) is 6.61 Å². The van der Waals surface area contributed by atoms with Crippen LogP contribution in [0.2, 0.25) is 0 Å². The Morgan fingerprint density at radius 2 is 1.42 bits per heavy atom. The molecular formula is C27H33IO4S. The van der Waals surface area contributed by atoms with Gasteiger partial charge in [-0.1, -0.05) is 87.1 Å². The fraction of sp³-hybridized carbons (Fsp3) is 0.333. The van der Waals surface area contributed by atoms with Crippen molar-refractivity contribution < 1.29 is 17.7 Å². The molecule has 0 bridgehead atoms. The van der Waals surface area contributed by atoms with Gasteiger partial charge in [0.1, 0.15) is 5.75 Å². The van der Waals surface area contributed by atoms with E-state index < -0.39 is 10.1 Å². The second-order valence-electron chi connectivity index (χ2n) is 7.91. The Hall–Kier alpha value is -1.90. The zero-order valence-electron chi connectivity index (χ0n) is 19.3. The summed E-state index contributed by atoms with van der Waals surface area (Å²) in [6.45, 7) is 4.92. The van der Waals surface area contributed by atoms with Gasteiger partial charge in [-0.05, 0) is 77.4 Å². The van der Waals surface area contributed by atoms with Crippen LogP contribution < -0.4 is 4.74 Å². The third-order valence-electron chi connectivity index (χ3n) is 5.12. The summed E-state index contributed by atoms with van der Waals surface area (Å²) in [6.07, 6.45) is 7.80. The molecule has 0 aliphatic carbocycles. The largest absolute Gasteiger partial charge is 0.494 e. The number of hydrogen-bond acceptors (Lipinski definition) is 3. The zero-order chi connectivity index (χ0) is 24.1. The number of halogens is 1. The maximum Gasteiger partial charge on any atom is 0.294 e. The molecule has 0 heterocycles. The molecule has 0 unspecified atom stereocenters. The monoisotopic (exact) mass is 580 g/mol. The van der Waals surface area contributed by atoms with E-state index in [-0.39, 0.29) is 4.90 Å². The molecule has 0 aliphatic rings. The van der Waals surface area contributed by atoms with Gasteiger partial charge in [-0.3, -0.25) is 4.55 Å². The van der Waals surface area contributed by atoms with Crippen LogP contribution in [0.3, 0.4) is 0 Å².